The number of rotatable bonds is 4. The molecule has 0 aliphatic carbocycles. The van der Waals surface area contributed by atoms with E-state index in [1.54, 1.807) is 26.4 Å². The van der Waals surface area contributed by atoms with Gasteiger partial charge in [0, 0.05) is 26.5 Å². The van der Waals surface area contributed by atoms with Crippen molar-refractivity contribution in [2.75, 3.05) is 19.4 Å². The highest BCUT2D eigenvalue weighted by Gasteiger charge is 2.19. The van der Waals surface area contributed by atoms with Gasteiger partial charge >= 0.3 is 0 Å². The number of amides is 1. The Morgan fingerprint density at radius 3 is 2.75 bits per heavy atom. The van der Waals surface area contributed by atoms with Crippen molar-refractivity contribution in [2.45, 2.75) is 6.54 Å². The fraction of sp³-hybridized carbons (Fsp3) is 0.214. The standard InChI is InChI=1S/C14H15FN4O/c1-16-13-12(15)11(6-8-18-13)14(20)19(2)9-10-5-3-4-7-17-10/h3-8H,9H2,1-2H3,(H,16,18). The normalized spacial score (nSPS) is 10.2. The van der Waals surface area contributed by atoms with Crippen LogP contribution in [0.1, 0.15) is 16.1 Å². The first-order valence-corrected chi connectivity index (χ1v) is 6.11. The fourth-order valence-corrected chi connectivity index (χ4v) is 1.80. The highest BCUT2D eigenvalue weighted by atomic mass is 19.1. The summed E-state index contributed by atoms with van der Waals surface area (Å²) in [4.78, 5) is 21.6. The molecule has 0 aromatic carbocycles. The fourth-order valence-electron chi connectivity index (χ4n) is 1.80. The van der Waals surface area contributed by atoms with Crippen LogP contribution in [0.5, 0.6) is 0 Å². The number of nitrogens with one attached hydrogen (secondary N) is 1. The molecule has 1 amide bonds. The van der Waals surface area contributed by atoms with E-state index in [0.29, 0.717) is 6.54 Å². The summed E-state index contributed by atoms with van der Waals surface area (Å²) in [6, 6.07) is 6.82. The van der Waals surface area contributed by atoms with Crippen LogP contribution in [0.15, 0.2) is 36.7 Å². The van der Waals surface area contributed by atoms with E-state index in [9.17, 15) is 9.18 Å². The Balaban J connectivity index is 2.19. The van der Waals surface area contributed by atoms with Crippen LogP contribution in [-0.2, 0) is 6.54 Å². The van der Waals surface area contributed by atoms with E-state index >= 15 is 0 Å². The molecule has 1 N–H and O–H groups in total. The van der Waals surface area contributed by atoms with Gasteiger partial charge in [0.15, 0.2) is 11.6 Å². The third kappa shape index (κ3) is 2.90. The summed E-state index contributed by atoms with van der Waals surface area (Å²) in [5.74, 6) is -0.998. The van der Waals surface area contributed by atoms with Crippen molar-refractivity contribution in [1.29, 1.82) is 0 Å². The van der Waals surface area contributed by atoms with Crippen LogP contribution < -0.4 is 5.32 Å². The van der Waals surface area contributed by atoms with Gasteiger partial charge in [-0.1, -0.05) is 6.07 Å². The minimum absolute atomic E-state index is 0.0113. The Labute approximate surface area is 116 Å². The van der Waals surface area contributed by atoms with Crippen LogP contribution >= 0.6 is 0 Å². The van der Waals surface area contributed by atoms with Gasteiger partial charge in [0.2, 0.25) is 0 Å². The van der Waals surface area contributed by atoms with Crippen LogP contribution in [0.2, 0.25) is 0 Å². The smallest absolute Gasteiger partial charge is 0.257 e. The summed E-state index contributed by atoms with van der Waals surface area (Å²) in [6.45, 7) is 0.316. The number of aromatic nitrogens is 2. The Bertz CT molecular complexity index is 603. The largest absolute Gasteiger partial charge is 0.371 e. The van der Waals surface area contributed by atoms with E-state index in [1.165, 1.54) is 17.2 Å². The first-order chi connectivity index (χ1) is 9.63. The number of carbonyl (C=O) groups excluding carboxylic acids is 1. The molecule has 0 saturated heterocycles. The molecular weight excluding hydrogens is 259 g/mol. The van der Waals surface area contributed by atoms with Crippen molar-refractivity contribution in [3.8, 4) is 0 Å². The molecule has 0 bridgehead atoms. The number of hydrogen-bond acceptors (Lipinski definition) is 4. The molecule has 2 aromatic rings. The number of nitrogens with zero attached hydrogens (tertiary/aromatic N) is 3. The van der Waals surface area contributed by atoms with E-state index in [2.05, 4.69) is 15.3 Å². The molecule has 0 atom stereocenters. The van der Waals surface area contributed by atoms with Crippen LogP contribution in [0.25, 0.3) is 0 Å². The van der Waals surface area contributed by atoms with Crippen molar-refractivity contribution in [1.82, 2.24) is 14.9 Å². The predicted molar refractivity (Wildman–Crippen MR) is 73.8 cm³/mol. The SMILES string of the molecule is CNc1nccc(C(=O)N(C)Cc2ccccn2)c1F. The molecule has 0 aliphatic heterocycles. The molecule has 5 nitrogen and oxygen atoms in total. The van der Waals surface area contributed by atoms with Gasteiger partial charge in [-0.3, -0.25) is 9.78 Å². The Hall–Kier alpha value is -2.50. The number of anilines is 1. The molecule has 0 spiro atoms. The summed E-state index contributed by atoms with van der Waals surface area (Å²) in [7, 11) is 3.16. The first kappa shape index (κ1) is 13.9. The third-order valence-electron chi connectivity index (χ3n) is 2.83. The molecular formula is C14H15FN4O. The Kier molecular flexibility index (Phi) is 4.24. The van der Waals surface area contributed by atoms with Crippen LogP contribution in [-0.4, -0.2) is 34.9 Å². The zero-order chi connectivity index (χ0) is 14.5. The van der Waals surface area contributed by atoms with Gasteiger partial charge in [0.25, 0.3) is 5.91 Å². The van der Waals surface area contributed by atoms with Crippen LogP contribution in [0.4, 0.5) is 10.2 Å². The number of hydrogen-bond donors (Lipinski definition) is 1. The second kappa shape index (κ2) is 6.10. The zero-order valence-electron chi connectivity index (χ0n) is 11.3. The molecule has 104 valence electrons. The van der Waals surface area contributed by atoms with Gasteiger partial charge in [-0.15, -0.1) is 0 Å². The second-order valence-corrected chi connectivity index (χ2v) is 4.25. The Morgan fingerprint density at radius 1 is 1.30 bits per heavy atom. The number of halogens is 1. The monoisotopic (exact) mass is 274 g/mol. The molecule has 0 radical (unpaired) electrons. The first-order valence-electron chi connectivity index (χ1n) is 6.11. The van der Waals surface area contributed by atoms with Gasteiger partial charge in [-0.2, -0.15) is 0 Å². The van der Waals surface area contributed by atoms with Crippen molar-refractivity contribution in [3.05, 3.63) is 53.7 Å². The second-order valence-electron chi connectivity index (χ2n) is 4.25. The lowest BCUT2D eigenvalue weighted by atomic mass is 10.2. The maximum absolute atomic E-state index is 14.0. The molecule has 0 fully saturated rings. The van der Waals surface area contributed by atoms with E-state index in [4.69, 9.17) is 0 Å². The number of carbonyl (C=O) groups is 1. The van der Waals surface area contributed by atoms with E-state index < -0.39 is 11.7 Å². The average Bonchev–Trinajstić information content (AvgIpc) is 2.48. The Morgan fingerprint density at radius 2 is 2.10 bits per heavy atom. The van der Waals surface area contributed by atoms with Crippen molar-refractivity contribution >= 4 is 11.7 Å². The maximum atomic E-state index is 14.0. The lowest BCUT2D eigenvalue weighted by molar-refractivity contribution is 0.0778. The van der Waals surface area contributed by atoms with E-state index in [0.717, 1.165) is 5.69 Å². The molecule has 0 saturated carbocycles. The minimum Gasteiger partial charge on any atom is -0.371 e. The zero-order valence-corrected chi connectivity index (χ0v) is 11.3. The minimum atomic E-state index is -0.645. The van der Waals surface area contributed by atoms with Gasteiger partial charge < -0.3 is 10.2 Å². The molecule has 0 aliphatic rings. The van der Waals surface area contributed by atoms with E-state index in [-0.39, 0.29) is 11.4 Å². The van der Waals surface area contributed by atoms with Crippen LogP contribution in [0.3, 0.4) is 0 Å². The van der Waals surface area contributed by atoms with Gasteiger partial charge in [-0.25, -0.2) is 9.37 Å². The summed E-state index contributed by atoms with van der Waals surface area (Å²) >= 11 is 0. The lowest BCUT2D eigenvalue weighted by Crippen LogP contribution is -2.27. The highest BCUT2D eigenvalue weighted by molar-refractivity contribution is 5.95. The van der Waals surface area contributed by atoms with Crippen molar-refractivity contribution < 1.29 is 9.18 Å². The van der Waals surface area contributed by atoms with Gasteiger partial charge in [-0.05, 0) is 18.2 Å². The summed E-state index contributed by atoms with van der Waals surface area (Å²) in [6.07, 6.45) is 3.05. The third-order valence-corrected chi connectivity index (χ3v) is 2.83. The average molecular weight is 274 g/mol. The predicted octanol–water partition coefficient (Wildman–Crippen LogP) is 1.93. The summed E-state index contributed by atoms with van der Waals surface area (Å²) in [5, 5.41) is 2.61. The van der Waals surface area contributed by atoms with Gasteiger partial charge in [0.1, 0.15) is 0 Å². The molecule has 2 rings (SSSR count). The topological polar surface area (TPSA) is 58.1 Å². The molecule has 2 aromatic heterocycles. The van der Waals surface area contributed by atoms with E-state index in [1.807, 2.05) is 12.1 Å². The number of pyridine rings is 2. The summed E-state index contributed by atoms with van der Waals surface area (Å²) < 4.78 is 14.0. The molecule has 6 heteroatoms. The summed E-state index contributed by atoms with van der Waals surface area (Å²) in [5.41, 5.74) is 0.731. The van der Waals surface area contributed by atoms with Gasteiger partial charge in [0.05, 0.1) is 17.8 Å². The van der Waals surface area contributed by atoms with Crippen LogP contribution in [0, 0.1) is 5.82 Å². The highest BCUT2D eigenvalue weighted by Crippen LogP contribution is 2.16. The molecule has 0 unspecified atom stereocenters. The van der Waals surface area contributed by atoms with Crippen molar-refractivity contribution in [2.24, 2.45) is 0 Å². The quantitative estimate of drug-likeness (QED) is 0.925. The van der Waals surface area contributed by atoms with Crippen molar-refractivity contribution in [3.63, 3.8) is 0 Å². The maximum Gasteiger partial charge on any atom is 0.257 e. The lowest BCUT2D eigenvalue weighted by Gasteiger charge is -2.17. The molecule has 2 heterocycles. The molecule has 20 heavy (non-hydrogen) atoms.